The number of amides is 2. The zero-order valence-electron chi connectivity index (χ0n) is 15.9. The summed E-state index contributed by atoms with van der Waals surface area (Å²) in [7, 11) is 1.56. The van der Waals surface area contributed by atoms with Crippen molar-refractivity contribution in [3.8, 4) is 5.75 Å². The van der Waals surface area contributed by atoms with Crippen molar-refractivity contribution < 1.29 is 14.3 Å². The Morgan fingerprint density at radius 1 is 1.19 bits per heavy atom. The highest BCUT2D eigenvalue weighted by Gasteiger charge is 2.35. The average Bonchev–Trinajstić information content (AvgIpc) is 3.13. The zero-order chi connectivity index (χ0) is 19.6. The molecule has 6 nitrogen and oxygen atoms in total. The maximum Gasteiger partial charge on any atom is 0.254 e. The van der Waals surface area contributed by atoms with Crippen molar-refractivity contribution in [3.63, 3.8) is 0 Å². The number of nitrogens with zero attached hydrogens (tertiary/aromatic N) is 1. The van der Waals surface area contributed by atoms with Gasteiger partial charge in [0.25, 0.3) is 5.91 Å². The van der Waals surface area contributed by atoms with Crippen LogP contribution in [0.3, 0.4) is 0 Å². The number of benzene rings is 2. The fraction of sp³-hybridized carbons (Fsp3) is 0.333. The monoisotopic (exact) mass is 367 g/mol. The van der Waals surface area contributed by atoms with E-state index >= 15 is 0 Å². The van der Waals surface area contributed by atoms with E-state index < -0.39 is 6.04 Å². The van der Waals surface area contributed by atoms with Crippen molar-refractivity contribution in [2.45, 2.75) is 32.7 Å². The van der Waals surface area contributed by atoms with E-state index in [2.05, 4.69) is 5.32 Å². The van der Waals surface area contributed by atoms with Crippen LogP contribution in [-0.4, -0.2) is 36.4 Å². The topological polar surface area (TPSA) is 84.7 Å². The molecular weight excluding hydrogens is 342 g/mol. The summed E-state index contributed by atoms with van der Waals surface area (Å²) in [6, 6.07) is 10.4. The molecule has 0 saturated carbocycles. The molecule has 1 heterocycles. The Kier molecular flexibility index (Phi) is 5.35. The Balaban J connectivity index is 1.82. The second-order valence-corrected chi connectivity index (χ2v) is 6.92. The first-order valence-corrected chi connectivity index (χ1v) is 9.03. The maximum atomic E-state index is 13.0. The first kappa shape index (κ1) is 18.8. The SMILES string of the molecule is COc1ccc(C)cc1NC(=O)C1CCCN1C(=O)c1cc(N)ccc1C. The normalized spacial score (nSPS) is 16.3. The number of likely N-dealkylation sites (tertiary alicyclic amines) is 1. The minimum atomic E-state index is -0.511. The lowest BCUT2D eigenvalue weighted by atomic mass is 10.1. The minimum absolute atomic E-state index is 0.159. The molecule has 1 aliphatic heterocycles. The Morgan fingerprint density at radius 3 is 2.70 bits per heavy atom. The average molecular weight is 367 g/mol. The van der Waals surface area contributed by atoms with Crippen LogP contribution in [0, 0.1) is 13.8 Å². The summed E-state index contributed by atoms with van der Waals surface area (Å²) in [4.78, 5) is 27.6. The van der Waals surface area contributed by atoms with Gasteiger partial charge in [-0.3, -0.25) is 9.59 Å². The Morgan fingerprint density at radius 2 is 1.96 bits per heavy atom. The van der Waals surface area contributed by atoms with E-state index in [1.54, 1.807) is 24.1 Å². The van der Waals surface area contributed by atoms with E-state index in [1.165, 1.54) is 0 Å². The van der Waals surface area contributed by atoms with E-state index in [4.69, 9.17) is 10.5 Å². The van der Waals surface area contributed by atoms with Gasteiger partial charge < -0.3 is 20.7 Å². The van der Waals surface area contributed by atoms with Gasteiger partial charge in [0.05, 0.1) is 12.8 Å². The number of hydrogen-bond donors (Lipinski definition) is 2. The number of ether oxygens (including phenoxy) is 1. The molecular formula is C21H25N3O3. The van der Waals surface area contributed by atoms with Crippen molar-refractivity contribution in [1.82, 2.24) is 4.90 Å². The second-order valence-electron chi connectivity index (χ2n) is 6.92. The fourth-order valence-electron chi connectivity index (χ4n) is 3.44. The Bertz CT molecular complexity index is 879. The van der Waals surface area contributed by atoms with Gasteiger partial charge >= 0.3 is 0 Å². The molecule has 0 radical (unpaired) electrons. The minimum Gasteiger partial charge on any atom is -0.495 e. The van der Waals surface area contributed by atoms with E-state index in [1.807, 2.05) is 38.1 Å². The Labute approximate surface area is 159 Å². The molecule has 1 atom stereocenters. The molecule has 27 heavy (non-hydrogen) atoms. The fourth-order valence-corrected chi connectivity index (χ4v) is 3.44. The Hall–Kier alpha value is -3.02. The zero-order valence-corrected chi connectivity index (χ0v) is 15.9. The summed E-state index contributed by atoms with van der Waals surface area (Å²) in [5.74, 6) is 0.233. The number of rotatable bonds is 4. The third-order valence-corrected chi connectivity index (χ3v) is 4.92. The second kappa shape index (κ2) is 7.70. The quantitative estimate of drug-likeness (QED) is 0.813. The van der Waals surface area contributed by atoms with E-state index in [0.29, 0.717) is 35.7 Å². The van der Waals surface area contributed by atoms with Crippen molar-refractivity contribution in [3.05, 3.63) is 53.1 Å². The number of nitrogens with two attached hydrogens (primary N) is 1. The number of carbonyl (C=O) groups is 2. The number of carbonyl (C=O) groups excluding carboxylic acids is 2. The van der Waals surface area contributed by atoms with Crippen LogP contribution >= 0.6 is 0 Å². The van der Waals surface area contributed by atoms with Crippen LogP contribution < -0.4 is 15.8 Å². The first-order chi connectivity index (χ1) is 12.9. The molecule has 142 valence electrons. The van der Waals surface area contributed by atoms with Crippen molar-refractivity contribution in [2.24, 2.45) is 0 Å². The molecule has 1 saturated heterocycles. The van der Waals surface area contributed by atoms with Gasteiger partial charge in [-0.25, -0.2) is 0 Å². The predicted molar refractivity (Wildman–Crippen MR) is 106 cm³/mol. The van der Waals surface area contributed by atoms with Crippen LogP contribution in [0.1, 0.15) is 34.3 Å². The van der Waals surface area contributed by atoms with Gasteiger partial charge in [0.2, 0.25) is 5.91 Å². The lowest BCUT2D eigenvalue weighted by Crippen LogP contribution is -2.43. The number of anilines is 2. The van der Waals surface area contributed by atoms with Gasteiger partial charge in [0, 0.05) is 17.8 Å². The van der Waals surface area contributed by atoms with Gasteiger partial charge in [-0.15, -0.1) is 0 Å². The molecule has 3 N–H and O–H groups in total. The summed E-state index contributed by atoms with van der Waals surface area (Å²) in [6.45, 7) is 4.37. The highest BCUT2D eigenvalue weighted by Crippen LogP contribution is 2.28. The number of nitrogen functional groups attached to an aromatic ring is 1. The number of nitrogens with one attached hydrogen (secondary N) is 1. The molecule has 1 aliphatic rings. The molecule has 2 aromatic carbocycles. The molecule has 2 amide bonds. The smallest absolute Gasteiger partial charge is 0.254 e. The lowest BCUT2D eigenvalue weighted by molar-refractivity contribution is -0.119. The van der Waals surface area contributed by atoms with Gasteiger partial charge in [-0.05, 0) is 62.1 Å². The predicted octanol–water partition coefficient (Wildman–Crippen LogP) is 3.14. The third-order valence-electron chi connectivity index (χ3n) is 4.92. The molecule has 0 aliphatic carbocycles. The van der Waals surface area contributed by atoms with Gasteiger partial charge in [-0.1, -0.05) is 12.1 Å². The molecule has 0 aromatic heterocycles. The summed E-state index contributed by atoms with van der Waals surface area (Å²) in [5, 5.41) is 2.92. The van der Waals surface area contributed by atoms with Crippen LogP contribution in [0.25, 0.3) is 0 Å². The largest absolute Gasteiger partial charge is 0.495 e. The van der Waals surface area contributed by atoms with Crippen LogP contribution in [0.2, 0.25) is 0 Å². The van der Waals surface area contributed by atoms with E-state index in [-0.39, 0.29) is 11.8 Å². The molecule has 6 heteroatoms. The molecule has 1 unspecified atom stereocenters. The highest BCUT2D eigenvalue weighted by atomic mass is 16.5. The third kappa shape index (κ3) is 3.89. The number of aryl methyl sites for hydroxylation is 2. The van der Waals surface area contributed by atoms with Crippen molar-refractivity contribution in [1.29, 1.82) is 0 Å². The van der Waals surface area contributed by atoms with Gasteiger partial charge in [-0.2, -0.15) is 0 Å². The molecule has 3 rings (SSSR count). The summed E-state index contributed by atoms with van der Waals surface area (Å²) >= 11 is 0. The molecule has 1 fully saturated rings. The van der Waals surface area contributed by atoms with Crippen molar-refractivity contribution >= 4 is 23.2 Å². The number of hydrogen-bond acceptors (Lipinski definition) is 4. The highest BCUT2D eigenvalue weighted by molar-refractivity contribution is 6.03. The molecule has 0 spiro atoms. The van der Waals surface area contributed by atoms with Crippen LogP contribution in [0.4, 0.5) is 11.4 Å². The molecule has 0 bridgehead atoms. The van der Waals surface area contributed by atoms with Gasteiger partial charge in [0.1, 0.15) is 11.8 Å². The van der Waals surface area contributed by atoms with Crippen LogP contribution in [-0.2, 0) is 4.79 Å². The van der Waals surface area contributed by atoms with Gasteiger partial charge in [0.15, 0.2) is 0 Å². The van der Waals surface area contributed by atoms with E-state index in [0.717, 1.165) is 17.5 Å². The summed E-state index contributed by atoms with van der Waals surface area (Å²) in [6.07, 6.45) is 1.42. The lowest BCUT2D eigenvalue weighted by Gasteiger charge is -2.25. The summed E-state index contributed by atoms with van der Waals surface area (Å²) < 4.78 is 5.33. The molecule has 2 aromatic rings. The van der Waals surface area contributed by atoms with Crippen LogP contribution in [0.5, 0.6) is 5.75 Å². The summed E-state index contributed by atoms with van der Waals surface area (Å²) in [5.41, 5.74) is 9.40. The van der Waals surface area contributed by atoms with Crippen LogP contribution in [0.15, 0.2) is 36.4 Å². The standard InChI is InChI=1S/C21H25N3O3/c1-13-6-9-19(27-3)17(11-13)23-20(25)18-5-4-10-24(18)21(26)16-12-15(22)8-7-14(16)2/h6-9,11-12,18H,4-5,10,22H2,1-3H3,(H,23,25). The number of methoxy groups -OCH3 is 1. The van der Waals surface area contributed by atoms with Crippen molar-refractivity contribution in [2.75, 3.05) is 24.7 Å². The first-order valence-electron chi connectivity index (χ1n) is 9.03. The maximum absolute atomic E-state index is 13.0. The van der Waals surface area contributed by atoms with E-state index in [9.17, 15) is 9.59 Å².